The molecule has 0 fully saturated rings. The topological polar surface area (TPSA) is 20.3 Å². The number of rotatable bonds is 5. The third-order valence-corrected chi connectivity index (χ3v) is 2.63. The molecule has 0 unspecified atom stereocenters. The standard InChI is InChI=1S/C13H15F4NO/c1-9(2)18(8-13(15,16)17)7-12(19)10-3-5-11(14)6-4-10/h3-6,9H,7-8H2,1-2H3. The van der Waals surface area contributed by atoms with Gasteiger partial charge in [0.2, 0.25) is 0 Å². The molecule has 0 heterocycles. The minimum absolute atomic E-state index is 0.203. The molecule has 0 bridgehead atoms. The highest BCUT2D eigenvalue weighted by molar-refractivity contribution is 5.97. The normalized spacial score (nSPS) is 12.2. The Morgan fingerprint density at radius 1 is 1.21 bits per heavy atom. The van der Waals surface area contributed by atoms with Crippen molar-refractivity contribution in [3.05, 3.63) is 35.6 Å². The van der Waals surface area contributed by atoms with Gasteiger partial charge in [-0.15, -0.1) is 0 Å². The van der Waals surface area contributed by atoms with Crippen molar-refractivity contribution < 1.29 is 22.4 Å². The van der Waals surface area contributed by atoms with Gasteiger partial charge in [-0.2, -0.15) is 13.2 Å². The molecule has 0 aliphatic rings. The summed E-state index contributed by atoms with van der Waals surface area (Å²) in [5.74, 6) is -0.953. The third kappa shape index (κ3) is 5.38. The number of carbonyl (C=O) groups is 1. The zero-order chi connectivity index (χ0) is 14.6. The number of benzene rings is 1. The fourth-order valence-corrected chi connectivity index (χ4v) is 1.56. The molecule has 1 aromatic rings. The summed E-state index contributed by atoms with van der Waals surface area (Å²) in [6.07, 6.45) is -4.35. The molecule has 0 aliphatic heterocycles. The van der Waals surface area contributed by atoms with E-state index >= 15 is 0 Å². The van der Waals surface area contributed by atoms with Gasteiger partial charge in [0.25, 0.3) is 0 Å². The van der Waals surface area contributed by atoms with Crippen LogP contribution in [0.15, 0.2) is 24.3 Å². The van der Waals surface area contributed by atoms with Crippen molar-refractivity contribution >= 4 is 5.78 Å². The average Bonchev–Trinajstić information content (AvgIpc) is 2.27. The zero-order valence-corrected chi connectivity index (χ0v) is 10.7. The smallest absolute Gasteiger partial charge is 0.293 e. The molecule has 106 valence electrons. The molecule has 0 amide bonds. The number of carbonyl (C=O) groups excluding carboxylic acids is 1. The Hall–Kier alpha value is -1.43. The molecule has 0 spiro atoms. The lowest BCUT2D eigenvalue weighted by Crippen LogP contribution is -2.42. The fourth-order valence-electron chi connectivity index (χ4n) is 1.56. The Morgan fingerprint density at radius 3 is 2.16 bits per heavy atom. The van der Waals surface area contributed by atoms with E-state index < -0.39 is 30.4 Å². The van der Waals surface area contributed by atoms with Crippen molar-refractivity contribution in [3.8, 4) is 0 Å². The maximum absolute atomic E-state index is 12.7. The molecule has 0 aliphatic carbocycles. The number of alkyl halides is 3. The highest BCUT2D eigenvalue weighted by atomic mass is 19.4. The van der Waals surface area contributed by atoms with E-state index in [1.807, 2.05) is 0 Å². The van der Waals surface area contributed by atoms with Crippen molar-refractivity contribution in [2.24, 2.45) is 0 Å². The number of nitrogens with zero attached hydrogens (tertiary/aromatic N) is 1. The van der Waals surface area contributed by atoms with Crippen LogP contribution in [0, 0.1) is 5.82 Å². The predicted molar refractivity (Wildman–Crippen MR) is 63.5 cm³/mol. The van der Waals surface area contributed by atoms with E-state index in [2.05, 4.69) is 0 Å². The Morgan fingerprint density at radius 2 is 1.74 bits per heavy atom. The number of hydrogen-bond acceptors (Lipinski definition) is 2. The summed E-state index contributed by atoms with van der Waals surface area (Å²) in [6.45, 7) is 1.69. The monoisotopic (exact) mass is 277 g/mol. The lowest BCUT2D eigenvalue weighted by atomic mass is 10.1. The first kappa shape index (κ1) is 15.6. The summed E-state index contributed by atoms with van der Waals surface area (Å²) in [7, 11) is 0. The van der Waals surface area contributed by atoms with Gasteiger partial charge >= 0.3 is 6.18 Å². The molecule has 1 aromatic carbocycles. The van der Waals surface area contributed by atoms with E-state index in [0.717, 1.165) is 17.0 Å². The van der Waals surface area contributed by atoms with Crippen LogP contribution in [0.3, 0.4) is 0 Å². The van der Waals surface area contributed by atoms with Crippen LogP contribution < -0.4 is 0 Å². The summed E-state index contributed by atoms with van der Waals surface area (Å²) in [4.78, 5) is 12.9. The third-order valence-electron chi connectivity index (χ3n) is 2.63. The minimum Gasteiger partial charge on any atom is -0.293 e. The van der Waals surface area contributed by atoms with E-state index in [0.29, 0.717) is 0 Å². The van der Waals surface area contributed by atoms with Crippen molar-refractivity contribution in [2.45, 2.75) is 26.1 Å². The highest BCUT2D eigenvalue weighted by Gasteiger charge is 2.32. The van der Waals surface area contributed by atoms with E-state index in [1.54, 1.807) is 13.8 Å². The summed E-state index contributed by atoms with van der Waals surface area (Å²) < 4.78 is 49.8. The molecule has 19 heavy (non-hydrogen) atoms. The van der Waals surface area contributed by atoms with E-state index in [4.69, 9.17) is 0 Å². The second kappa shape index (κ2) is 6.14. The van der Waals surface area contributed by atoms with Crippen LogP contribution in [0.1, 0.15) is 24.2 Å². The Bertz CT molecular complexity index is 425. The van der Waals surface area contributed by atoms with Crippen molar-refractivity contribution in [2.75, 3.05) is 13.1 Å². The van der Waals surface area contributed by atoms with Crippen LogP contribution in [0.2, 0.25) is 0 Å². The van der Waals surface area contributed by atoms with Crippen LogP contribution in [0.25, 0.3) is 0 Å². The maximum atomic E-state index is 12.7. The molecule has 0 radical (unpaired) electrons. The van der Waals surface area contributed by atoms with Gasteiger partial charge in [0, 0.05) is 11.6 Å². The lowest BCUT2D eigenvalue weighted by molar-refractivity contribution is -0.148. The number of Topliss-reactive ketones (excluding diaryl/α,β-unsaturated/α-hetero) is 1. The van der Waals surface area contributed by atoms with Crippen LogP contribution in [0.5, 0.6) is 0 Å². The molecule has 0 aromatic heterocycles. The molecule has 6 heteroatoms. The second-order valence-corrected chi connectivity index (χ2v) is 4.54. The van der Waals surface area contributed by atoms with E-state index in [-0.39, 0.29) is 12.1 Å². The van der Waals surface area contributed by atoms with Crippen LogP contribution in [0.4, 0.5) is 17.6 Å². The van der Waals surface area contributed by atoms with Crippen LogP contribution in [-0.2, 0) is 0 Å². The summed E-state index contributed by atoms with van der Waals surface area (Å²) in [5, 5.41) is 0. The molecule has 2 nitrogen and oxygen atoms in total. The summed E-state index contributed by atoms with van der Waals surface area (Å²) >= 11 is 0. The van der Waals surface area contributed by atoms with Gasteiger partial charge < -0.3 is 0 Å². The van der Waals surface area contributed by atoms with Gasteiger partial charge in [-0.25, -0.2) is 4.39 Å². The predicted octanol–water partition coefficient (Wildman–Crippen LogP) is 3.28. The van der Waals surface area contributed by atoms with Gasteiger partial charge in [-0.3, -0.25) is 9.69 Å². The second-order valence-electron chi connectivity index (χ2n) is 4.54. The minimum atomic E-state index is -4.35. The first-order valence-corrected chi connectivity index (χ1v) is 5.78. The average molecular weight is 277 g/mol. The van der Waals surface area contributed by atoms with Gasteiger partial charge in [-0.05, 0) is 38.1 Å². The number of halogens is 4. The van der Waals surface area contributed by atoms with E-state index in [9.17, 15) is 22.4 Å². The van der Waals surface area contributed by atoms with Gasteiger partial charge in [0.05, 0.1) is 13.1 Å². The number of hydrogen-bond donors (Lipinski definition) is 0. The fraction of sp³-hybridized carbons (Fsp3) is 0.462. The number of ketones is 1. The van der Waals surface area contributed by atoms with Crippen LogP contribution >= 0.6 is 0 Å². The lowest BCUT2D eigenvalue weighted by Gasteiger charge is -2.26. The molecule has 0 N–H and O–H groups in total. The van der Waals surface area contributed by atoms with Crippen molar-refractivity contribution in [3.63, 3.8) is 0 Å². The first-order valence-electron chi connectivity index (χ1n) is 5.78. The quantitative estimate of drug-likeness (QED) is 0.608. The zero-order valence-electron chi connectivity index (χ0n) is 10.7. The van der Waals surface area contributed by atoms with Gasteiger partial charge in [0.15, 0.2) is 5.78 Å². The molecular formula is C13H15F4NO. The Labute approximate surface area is 109 Å². The molecule has 0 saturated heterocycles. The highest BCUT2D eigenvalue weighted by Crippen LogP contribution is 2.18. The largest absolute Gasteiger partial charge is 0.401 e. The molecule has 0 atom stereocenters. The Kier molecular flexibility index (Phi) is 5.05. The molecule has 1 rings (SSSR count). The van der Waals surface area contributed by atoms with Gasteiger partial charge in [-0.1, -0.05) is 0 Å². The first-order chi connectivity index (χ1) is 8.69. The molecular weight excluding hydrogens is 262 g/mol. The van der Waals surface area contributed by atoms with Crippen LogP contribution in [-0.4, -0.2) is 36.0 Å². The van der Waals surface area contributed by atoms with E-state index in [1.165, 1.54) is 12.1 Å². The Balaban J connectivity index is 2.74. The molecule has 0 saturated carbocycles. The SMILES string of the molecule is CC(C)N(CC(=O)c1ccc(F)cc1)CC(F)(F)F. The van der Waals surface area contributed by atoms with Crippen molar-refractivity contribution in [1.29, 1.82) is 0 Å². The summed E-state index contributed by atoms with van der Waals surface area (Å²) in [5.41, 5.74) is 0.203. The summed E-state index contributed by atoms with van der Waals surface area (Å²) in [6, 6.07) is 4.34. The maximum Gasteiger partial charge on any atom is 0.401 e. The van der Waals surface area contributed by atoms with Gasteiger partial charge in [0.1, 0.15) is 5.82 Å². The van der Waals surface area contributed by atoms with Crippen molar-refractivity contribution in [1.82, 2.24) is 4.90 Å².